The van der Waals surface area contributed by atoms with Crippen LogP contribution in [0.3, 0.4) is 0 Å². The number of benzene rings is 2. The molecule has 0 aliphatic heterocycles. The number of nitrogens with one attached hydrogen (secondary N) is 2. The first-order valence-electron chi connectivity index (χ1n) is 9.39. The molecule has 1 unspecified atom stereocenters. The molecule has 29 heavy (non-hydrogen) atoms. The Balaban J connectivity index is 1.92. The molecule has 0 aliphatic carbocycles. The summed E-state index contributed by atoms with van der Waals surface area (Å²) in [6.07, 6.45) is 0. The van der Waals surface area contributed by atoms with E-state index in [1.807, 2.05) is 44.2 Å². The van der Waals surface area contributed by atoms with Crippen LogP contribution >= 0.6 is 0 Å². The summed E-state index contributed by atoms with van der Waals surface area (Å²) in [4.78, 5) is 24.9. The van der Waals surface area contributed by atoms with Crippen LogP contribution in [-0.2, 0) is 16.1 Å². The molecule has 0 heterocycles. The van der Waals surface area contributed by atoms with E-state index < -0.39 is 6.04 Å². The van der Waals surface area contributed by atoms with Crippen LogP contribution < -0.4 is 24.8 Å². The minimum absolute atomic E-state index is 0.0875. The number of carbonyl (C=O) groups excluding carboxylic acids is 2. The lowest BCUT2D eigenvalue weighted by atomic mass is 10.0. The van der Waals surface area contributed by atoms with Gasteiger partial charge in [-0.2, -0.15) is 0 Å². The highest BCUT2D eigenvalue weighted by Crippen LogP contribution is 2.22. The van der Waals surface area contributed by atoms with Gasteiger partial charge < -0.3 is 24.8 Å². The third kappa shape index (κ3) is 7.03. The Labute approximate surface area is 171 Å². The third-order valence-electron chi connectivity index (χ3n) is 4.26. The molecule has 1 atom stereocenters. The summed E-state index contributed by atoms with van der Waals surface area (Å²) in [5.74, 6) is 1.16. The van der Waals surface area contributed by atoms with E-state index in [0.717, 1.165) is 5.56 Å². The molecule has 2 amide bonds. The maximum absolute atomic E-state index is 12.6. The molecular formula is C22H28N2O5. The van der Waals surface area contributed by atoms with Gasteiger partial charge in [0.1, 0.15) is 23.3 Å². The average Bonchev–Trinajstić information content (AvgIpc) is 2.74. The van der Waals surface area contributed by atoms with Gasteiger partial charge in [0, 0.05) is 12.6 Å². The second-order valence-corrected chi connectivity index (χ2v) is 6.83. The van der Waals surface area contributed by atoms with Crippen molar-refractivity contribution in [1.82, 2.24) is 10.6 Å². The van der Waals surface area contributed by atoms with Crippen molar-refractivity contribution in [1.29, 1.82) is 0 Å². The van der Waals surface area contributed by atoms with E-state index in [4.69, 9.17) is 14.2 Å². The van der Waals surface area contributed by atoms with Crippen molar-refractivity contribution in [3.63, 3.8) is 0 Å². The second kappa shape index (κ2) is 10.9. The SMILES string of the molecule is COc1cc(CNC(=O)C(NC(=O)COc2ccccc2)C(C)C)cc(OC)c1. The summed E-state index contributed by atoms with van der Waals surface area (Å²) in [5.41, 5.74) is 0.829. The van der Waals surface area contributed by atoms with Gasteiger partial charge in [-0.25, -0.2) is 0 Å². The van der Waals surface area contributed by atoms with Crippen molar-refractivity contribution in [2.45, 2.75) is 26.4 Å². The lowest BCUT2D eigenvalue weighted by Gasteiger charge is -2.22. The maximum atomic E-state index is 12.6. The van der Waals surface area contributed by atoms with E-state index in [-0.39, 0.29) is 30.9 Å². The lowest BCUT2D eigenvalue weighted by Crippen LogP contribution is -2.50. The summed E-state index contributed by atoms with van der Waals surface area (Å²) in [6.45, 7) is 3.87. The van der Waals surface area contributed by atoms with Crippen LogP contribution in [0.1, 0.15) is 19.4 Å². The first-order chi connectivity index (χ1) is 13.9. The Morgan fingerprint density at radius 3 is 2.10 bits per heavy atom. The third-order valence-corrected chi connectivity index (χ3v) is 4.26. The van der Waals surface area contributed by atoms with Gasteiger partial charge in [-0.05, 0) is 35.7 Å². The molecule has 7 heteroatoms. The smallest absolute Gasteiger partial charge is 0.258 e. The average molecular weight is 400 g/mol. The standard InChI is InChI=1S/C22H28N2O5/c1-15(2)21(24-20(25)14-29-17-8-6-5-7-9-17)22(26)23-13-16-10-18(27-3)12-19(11-16)28-4/h5-12,15,21H,13-14H2,1-4H3,(H,23,26)(H,24,25). The number of methoxy groups -OCH3 is 2. The van der Waals surface area contributed by atoms with Gasteiger partial charge in [0.25, 0.3) is 5.91 Å². The minimum atomic E-state index is -0.672. The molecular weight excluding hydrogens is 372 g/mol. The predicted molar refractivity (Wildman–Crippen MR) is 110 cm³/mol. The maximum Gasteiger partial charge on any atom is 0.258 e. The Hall–Kier alpha value is -3.22. The number of carbonyl (C=O) groups is 2. The van der Waals surface area contributed by atoms with Crippen molar-refractivity contribution in [2.75, 3.05) is 20.8 Å². The molecule has 0 spiro atoms. The Morgan fingerprint density at radius 2 is 1.55 bits per heavy atom. The summed E-state index contributed by atoms with van der Waals surface area (Å²) in [6, 6.07) is 13.8. The normalized spacial score (nSPS) is 11.5. The Morgan fingerprint density at radius 1 is 0.931 bits per heavy atom. The number of ether oxygens (including phenoxy) is 3. The van der Waals surface area contributed by atoms with Gasteiger partial charge >= 0.3 is 0 Å². The van der Waals surface area contributed by atoms with Crippen molar-refractivity contribution in [3.8, 4) is 17.2 Å². The quantitative estimate of drug-likeness (QED) is 0.640. The Kier molecular flexibility index (Phi) is 8.33. The van der Waals surface area contributed by atoms with E-state index in [1.54, 1.807) is 32.4 Å². The molecule has 0 saturated carbocycles. The number of rotatable bonds is 10. The van der Waals surface area contributed by atoms with Crippen molar-refractivity contribution in [2.24, 2.45) is 5.92 Å². The molecule has 0 fully saturated rings. The van der Waals surface area contributed by atoms with Gasteiger partial charge in [0.15, 0.2) is 6.61 Å². The lowest BCUT2D eigenvalue weighted by molar-refractivity contribution is -0.131. The van der Waals surface area contributed by atoms with Crippen LogP contribution in [0.2, 0.25) is 0 Å². The highest BCUT2D eigenvalue weighted by Gasteiger charge is 2.24. The zero-order chi connectivity index (χ0) is 21.2. The molecule has 7 nitrogen and oxygen atoms in total. The molecule has 2 N–H and O–H groups in total. The first-order valence-corrected chi connectivity index (χ1v) is 9.39. The highest BCUT2D eigenvalue weighted by atomic mass is 16.5. The number of amides is 2. The number of hydrogen-bond donors (Lipinski definition) is 2. The molecule has 0 radical (unpaired) electrons. The molecule has 2 aromatic rings. The summed E-state index contributed by atoms with van der Waals surface area (Å²) in [7, 11) is 3.14. The minimum Gasteiger partial charge on any atom is -0.497 e. The summed E-state index contributed by atoms with van der Waals surface area (Å²) >= 11 is 0. The number of hydrogen-bond acceptors (Lipinski definition) is 5. The first kappa shape index (κ1) is 22.1. The van der Waals surface area contributed by atoms with E-state index in [0.29, 0.717) is 17.2 Å². The molecule has 0 saturated heterocycles. The van der Waals surface area contributed by atoms with E-state index in [9.17, 15) is 9.59 Å². The van der Waals surface area contributed by atoms with Crippen LogP contribution in [0, 0.1) is 5.92 Å². The van der Waals surface area contributed by atoms with Gasteiger partial charge in [-0.15, -0.1) is 0 Å². The fourth-order valence-corrected chi connectivity index (χ4v) is 2.68. The number of para-hydroxylation sites is 1. The van der Waals surface area contributed by atoms with E-state index in [1.165, 1.54) is 0 Å². The fraction of sp³-hybridized carbons (Fsp3) is 0.364. The van der Waals surface area contributed by atoms with Crippen molar-refractivity contribution < 1.29 is 23.8 Å². The Bertz CT molecular complexity index is 786. The fourth-order valence-electron chi connectivity index (χ4n) is 2.68. The van der Waals surface area contributed by atoms with Crippen molar-refractivity contribution >= 4 is 11.8 Å². The van der Waals surface area contributed by atoms with Crippen LogP contribution in [0.15, 0.2) is 48.5 Å². The molecule has 0 aromatic heterocycles. The van der Waals surface area contributed by atoms with Crippen LogP contribution in [0.4, 0.5) is 0 Å². The largest absolute Gasteiger partial charge is 0.497 e. The van der Waals surface area contributed by atoms with Crippen LogP contribution in [0.25, 0.3) is 0 Å². The highest BCUT2D eigenvalue weighted by molar-refractivity contribution is 5.88. The second-order valence-electron chi connectivity index (χ2n) is 6.83. The topological polar surface area (TPSA) is 85.9 Å². The molecule has 0 bridgehead atoms. The summed E-state index contributed by atoms with van der Waals surface area (Å²) < 4.78 is 15.9. The van der Waals surface area contributed by atoms with Gasteiger partial charge in [-0.1, -0.05) is 32.0 Å². The molecule has 0 aliphatic rings. The van der Waals surface area contributed by atoms with Crippen LogP contribution in [0.5, 0.6) is 17.2 Å². The zero-order valence-electron chi connectivity index (χ0n) is 17.2. The summed E-state index contributed by atoms with van der Waals surface area (Å²) in [5, 5.41) is 5.60. The monoisotopic (exact) mass is 400 g/mol. The molecule has 156 valence electrons. The molecule has 2 aromatic carbocycles. The zero-order valence-corrected chi connectivity index (χ0v) is 17.2. The van der Waals surface area contributed by atoms with Gasteiger partial charge in [0.2, 0.25) is 5.91 Å². The van der Waals surface area contributed by atoms with Crippen LogP contribution in [-0.4, -0.2) is 38.7 Å². The van der Waals surface area contributed by atoms with E-state index in [2.05, 4.69) is 10.6 Å². The van der Waals surface area contributed by atoms with Crippen molar-refractivity contribution in [3.05, 3.63) is 54.1 Å². The predicted octanol–water partition coefficient (Wildman–Crippen LogP) is 2.54. The van der Waals surface area contributed by atoms with E-state index >= 15 is 0 Å². The van der Waals surface area contributed by atoms with Gasteiger partial charge in [0.05, 0.1) is 14.2 Å². The molecule has 2 rings (SSSR count). The van der Waals surface area contributed by atoms with Gasteiger partial charge in [-0.3, -0.25) is 9.59 Å².